The molecule has 0 radical (unpaired) electrons. The van der Waals surface area contributed by atoms with Gasteiger partial charge in [0, 0.05) is 35.8 Å². The van der Waals surface area contributed by atoms with E-state index in [1.165, 1.54) is 44.7 Å². The Morgan fingerprint density at radius 3 is 2.46 bits per heavy atom. The largest absolute Gasteiger partial charge is 0.619 e. The van der Waals surface area contributed by atoms with Crippen LogP contribution in [0.15, 0.2) is 90.4 Å². The number of nitrogens with zero attached hydrogens (tertiary/aromatic N) is 4. The Bertz CT molecular complexity index is 1890. The predicted molar refractivity (Wildman–Crippen MR) is 152 cm³/mol. The standard InChI is InChI=1S/C31H27N5O5/c1-31(2,39)27-11-8-20(17-36(27)41)22-13-21(15-34(40)16-22)19-5-3-6-24(14-19)35-18-26(30(38)33-23-9-10-23)28(37)25-7-4-12-32-29(25)35/h3-8,11-18,23,39H,9-10H2,1-2H3,(H,33,38). The van der Waals surface area contributed by atoms with Crippen LogP contribution in [0.4, 0.5) is 0 Å². The van der Waals surface area contributed by atoms with E-state index in [4.69, 9.17) is 0 Å². The number of pyridine rings is 4. The number of hydrogen-bond donors (Lipinski definition) is 2. The van der Waals surface area contributed by atoms with Crippen molar-refractivity contribution in [1.29, 1.82) is 0 Å². The molecule has 0 atom stereocenters. The van der Waals surface area contributed by atoms with Crippen LogP contribution in [-0.2, 0) is 5.60 Å². The highest BCUT2D eigenvalue weighted by atomic mass is 16.5. The van der Waals surface area contributed by atoms with Crippen LogP contribution in [0.1, 0.15) is 42.7 Å². The number of carbonyl (C=O) groups is 1. The molecule has 41 heavy (non-hydrogen) atoms. The van der Waals surface area contributed by atoms with Crippen molar-refractivity contribution in [1.82, 2.24) is 14.9 Å². The van der Waals surface area contributed by atoms with Gasteiger partial charge in [-0.1, -0.05) is 12.1 Å². The van der Waals surface area contributed by atoms with Crippen molar-refractivity contribution in [3.8, 4) is 27.9 Å². The quantitative estimate of drug-likeness (QED) is 0.247. The van der Waals surface area contributed by atoms with Gasteiger partial charge in [0.15, 0.2) is 18.6 Å². The van der Waals surface area contributed by atoms with Crippen molar-refractivity contribution in [2.24, 2.45) is 0 Å². The summed E-state index contributed by atoms with van der Waals surface area (Å²) in [5.41, 5.74) is 1.87. The predicted octanol–water partition coefficient (Wildman–Crippen LogP) is 3.11. The summed E-state index contributed by atoms with van der Waals surface area (Å²) in [6.07, 6.45) is 9.01. The van der Waals surface area contributed by atoms with Crippen LogP contribution in [0.3, 0.4) is 0 Å². The van der Waals surface area contributed by atoms with Crippen molar-refractivity contribution in [3.63, 3.8) is 0 Å². The first kappa shape index (κ1) is 26.1. The van der Waals surface area contributed by atoms with Crippen LogP contribution < -0.4 is 20.2 Å². The molecule has 1 amide bonds. The van der Waals surface area contributed by atoms with Crippen molar-refractivity contribution in [2.75, 3.05) is 0 Å². The first-order chi connectivity index (χ1) is 19.6. The molecule has 0 unspecified atom stereocenters. The molecule has 206 valence electrons. The maximum atomic E-state index is 13.2. The fraction of sp³-hybridized carbons (Fsp3) is 0.194. The first-order valence-corrected chi connectivity index (χ1v) is 13.2. The van der Waals surface area contributed by atoms with E-state index in [0.29, 0.717) is 48.4 Å². The molecular formula is C31H27N5O5. The fourth-order valence-corrected chi connectivity index (χ4v) is 4.84. The number of carbonyl (C=O) groups excluding carboxylic acids is 1. The highest BCUT2D eigenvalue weighted by Gasteiger charge is 2.27. The molecule has 1 saturated carbocycles. The monoisotopic (exact) mass is 549 g/mol. The van der Waals surface area contributed by atoms with Crippen molar-refractivity contribution in [2.45, 2.75) is 38.3 Å². The molecule has 4 heterocycles. The van der Waals surface area contributed by atoms with Gasteiger partial charge in [0.05, 0.1) is 16.5 Å². The lowest BCUT2D eigenvalue weighted by Gasteiger charge is -2.17. The van der Waals surface area contributed by atoms with Crippen molar-refractivity contribution >= 4 is 16.9 Å². The molecule has 1 aromatic carbocycles. The summed E-state index contributed by atoms with van der Waals surface area (Å²) in [5.74, 6) is -0.417. The van der Waals surface area contributed by atoms with Crippen molar-refractivity contribution < 1.29 is 19.4 Å². The van der Waals surface area contributed by atoms with Gasteiger partial charge in [0.2, 0.25) is 11.1 Å². The Labute approximate surface area is 235 Å². The number of amides is 1. The molecule has 10 nitrogen and oxygen atoms in total. The van der Waals surface area contributed by atoms with Crippen LogP contribution in [0.5, 0.6) is 0 Å². The number of nitrogens with one attached hydrogen (secondary N) is 1. The maximum absolute atomic E-state index is 13.2. The fourth-order valence-electron chi connectivity index (χ4n) is 4.84. The lowest BCUT2D eigenvalue weighted by atomic mass is 10.00. The number of fused-ring (bicyclic) bond motifs is 1. The second-order valence-electron chi connectivity index (χ2n) is 10.8. The summed E-state index contributed by atoms with van der Waals surface area (Å²) in [4.78, 5) is 30.5. The van der Waals surface area contributed by atoms with E-state index in [1.807, 2.05) is 24.3 Å². The van der Waals surface area contributed by atoms with Gasteiger partial charge in [0.1, 0.15) is 16.8 Å². The maximum Gasteiger partial charge on any atom is 0.257 e. The smallest absolute Gasteiger partial charge is 0.257 e. The SMILES string of the molecule is CC(C)(O)c1ccc(-c2cc(-c3cccc(-n4cc(C(=O)NC5CC5)c(=O)c5cccnc54)c3)c[n+]([O-])c2)c[n+]1[O-]. The number of aromatic nitrogens is 4. The Morgan fingerprint density at radius 1 is 1.00 bits per heavy atom. The molecule has 1 aliphatic carbocycles. The van der Waals surface area contributed by atoms with E-state index in [9.17, 15) is 25.1 Å². The zero-order valence-electron chi connectivity index (χ0n) is 22.4. The molecule has 1 aliphatic rings. The molecule has 0 saturated heterocycles. The summed E-state index contributed by atoms with van der Waals surface area (Å²) >= 11 is 0. The average Bonchev–Trinajstić information content (AvgIpc) is 3.76. The van der Waals surface area contributed by atoms with Gasteiger partial charge < -0.3 is 25.4 Å². The zero-order valence-corrected chi connectivity index (χ0v) is 22.4. The van der Waals surface area contributed by atoms with Gasteiger partial charge in [0.25, 0.3) is 5.91 Å². The van der Waals surface area contributed by atoms with Gasteiger partial charge in [-0.05, 0) is 68.7 Å². The molecule has 6 rings (SSSR count). The summed E-state index contributed by atoms with van der Waals surface area (Å²) in [5, 5.41) is 38.7. The molecule has 5 aromatic rings. The summed E-state index contributed by atoms with van der Waals surface area (Å²) in [6.45, 7) is 3.05. The van der Waals surface area contributed by atoms with Crippen LogP contribution in [0.2, 0.25) is 0 Å². The molecule has 0 spiro atoms. The van der Waals surface area contributed by atoms with Gasteiger partial charge in [-0.15, -0.1) is 0 Å². The third-order valence-electron chi connectivity index (χ3n) is 7.10. The minimum Gasteiger partial charge on any atom is -0.619 e. The van der Waals surface area contributed by atoms with Crippen LogP contribution in [0, 0.1) is 10.4 Å². The van der Waals surface area contributed by atoms with E-state index in [1.54, 1.807) is 35.0 Å². The summed E-state index contributed by atoms with van der Waals surface area (Å²) in [6, 6.07) is 15.7. The summed E-state index contributed by atoms with van der Waals surface area (Å²) in [7, 11) is 0. The van der Waals surface area contributed by atoms with E-state index < -0.39 is 11.5 Å². The molecular weight excluding hydrogens is 522 g/mol. The Kier molecular flexibility index (Phi) is 6.27. The van der Waals surface area contributed by atoms with Gasteiger partial charge in [-0.25, -0.2) is 4.98 Å². The average molecular weight is 550 g/mol. The molecule has 0 bridgehead atoms. The minimum atomic E-state index is -1.32. The highest BCUT2D eigenvalue weighted by Crippen LogP contribution is 2.28. The second kappa shape index (κ2) is 9.83. The number of hydrogen-bond acceptors (Lipinski definition) is 6. The van der Waals surface area contributed by atoms with E-state index in [0.717, 1.165) is 12.8 Å². The minimum absolute atomic E-state index is 0.0302. The molecule has 1 fully saturated rings. The Balaban J connectivity index is 1.44. The molecule has 10 heteroatoms. The second-order valence-corrected chi connectivity index (χ2v) is 10.8. The summed E-state index contributed by atoms with van der Waals surface area (Å²) < 4.78 is 2.98. The Morgan fingerprint density at radius 2 is 1.76 bits per heavy atom. The first-order valence-electron chi connectivity index (χ1n) is 13.2. The van der Waals surface area contributed by atoms with Gasteiger partial charge in [-0.3, -0.25) is 9.59 Å². The number of aliphatic hydroxyl groups is 1. The normalized spacial score (nSPS) is 13.3. The molecule has 0 aliphatic heterocycles. The van der Waals surface area contributed by atoms with Gasteiger partial charge >= 0.3 is 0 Å². The van der Waals surface area contributed by atoms with E-state index in [2.05, 4.69) is 10.3 Å². The van der Waals surface area contributed by atoms with Gasteiger partial charge in [-0.2, -0.15) is 9.46 Å². The lowest BCUT2D eigenvalue weighted by Crippen LogP contribution is -2.39. The van der Waals surface area contributed by atoms with Crippen molar-refractivity contribution in [3.05, 3.63) is 117 Å². The highest BCUT2D eigenvalue weighted by molar-refractivity contribution is 5.97. The van der Waals surface area contributed by atoms with Crippen LogP contribution in [0.25, 0.3) is 39.0 Å². The van der Waals surface area contributed by atoms with Crippen LogP contribution in [-0.4, -0.2) is 26.6 Å². The molecule has 4 aromatic heterocycles. The van der Waals surface area contributed by atoms with E-state index >= 15 is 0 Å². The topological polar surface area (TPSA) is 138 Å². The molecule has 2 N–H and O–H groups in total. The van der Waals surface area contributed by atoms with E-state index in [-0.39, 0.29) is 22.7 Å². The number of rotatable bonds is 6. The third-order valence-corrected chi connectivity index (χ3v) is 7.10. The zero-order chi connectivity index (χ0) is 28.9. The lowest BCUT2D eigenvalue weighted by molar-refractivity contribution is -0.621. The Hall–Kier alpha value is -5.09. The van der Waals surface area contributed by atoms with Crippen LogP contribution >= 0.6 is 0 Å². The number of benzene rings is 1. The third kappa shape index (κ3) is 5.12.